The first kappa shape index (κ1) is 42.8. The number of allylic oxidation sites excluding steroid dienone is 2. The maximum absolute atomic E-state index is 12.2. The van der Waals surface area contributed by atoms with Gasteiger partial charge < -0.3 is 64.9 Å². The van der Waals surface area contributed by atoms with Gasteiger partial charge in [-0.3, -0.25) is 0 Å². The number of carboxylic acids is 1. The zero-order valence-electron chi connectivity index (χ0n) is 34.1. The number of aliphatic hydroxyl groups excluding tert-OH is 8. The molecule has 2 aliphatic heterocycles. The van der Waals surface area contributed by atoms with Gasteiger partial charge in [0.05, 0.1) is 25.4 Å². The fourth-order valence-corrected chi connectivity index (χ4v) is 13.7. The summed E-state index contributed by atoms with van der Waals surface area (Å²) in [4.78, 5) is 12.2. The largest absolute Gasteiger partial charge is 0.479 e. The minimum absolute atomic E-state index is 0.0149. The van der Waals surface area contributed by atoms with Crippen LogP contribution in [0.2, 0.25) is 0 Å². The topological polar surface area (TPSA) is 236 Å². The Hall–Kier alpha value is -1.27. The lowest BCUT2D eigenvalue weighted by Crippen LogP contribution is -2.68. The molecule has 0 bridgehead atoms. The Morgan fingerprint density at radius 1 is 0.750 bits per heavy atom. The molecule has 0 aromatic rings. The van der Waals surface area contributed by atoms with Crippen LogP contribution in [0.5, 0.6) is 0 Å². The van der Waals surface area contributed by atoms with Gasteiger partial charge in [0.1, 0.15) is 42.7 Å². The lowest BCUT2D eigenvalue weighted by Gasteiger charge is -2.72. The summed E-state index contributed by atoms with van der Waals surface area (Å²) < 4.78 is 23.8. The highest BCUT2D eigenvalue weighted by molar-refractivity contribution is 5.73. The summed E-state index contributed by atoms with van der Waals surface area (Å²) in [7, 11) is 0. The minimum atomic E-state index is -1.97. The normalized spacial score (nSPS) is 55.5. The van der Waals surface area contributed by atoms with E-state index in [-0.39, 0.29) is 45.7 Å². The minimum Gasteiger partial charge on any atom is -0.479 e. The van der Waals surface area contributed by atoms with E-state index in [1.54, 1.807) is 0 Å². The number of carboxylic acid groups (broad SMARTS) is 1. The van der Waals surface area contributed by atoms with Crippen LogP contribution in [0, 0.1) is 50.2 Å². The molecule has 0 amide bonds. The fourth-order valence-electron chi connectivity index (χ4n) is 13.7. The van der Waals surface area contributed by atoms with Crippen LogP contribution in [0.25, 0.3) is 0 Å². The second kappa shape index (κ2) is 14.4. The Morgan fingerprint density at radius 2 is 1.45 bits per heavy atom. The number of aliphatic hydroxyl groups is 8. The van der Waals surface area contributed by atoms with Gasteiger partial charge in [-0.2, -0.15) is 0 Å². The van der Waals surface area contributed by atoms with Crippen molar-refractivity contribution in [1.82, 2.24) is 0 Å². The van der Waals surface area contributed by atoms with Crippen molar-refractivity contribution in [2.24, 2.45) is 50.2 Å². The highest BCUT2D eigenvalue weighted by Crippen LogP contribution is 2.76. The van der Waals surface area contributed by atoms with Gasteiger partial charge in [-0.1, -0.05) is 60.1 Å². The van der Waals surface area contributed by atoms with Gasteiger partial charge in [0.15, 0.2) is 18.7 Å². The molecule has 320 valence electrons. The van der Waals surface area contributed by atoms with E-state index in [1.165, 1.54) is 5.57 Å². The molecule has 7 aliphatic rings. The van der Waals surface area contributed by atoms with Gasteiger partial charge in [-0.25, -0.2) is 4.79 Å². The van der Waals surface area contributed by atoms with Crippen LogP contribution in [-0.4, -0.2) is 139 Å². The van der Waals surface area contributed by atoms with Gasteiger partial charge >= 0.3 is 5.97 Å². The van der Waals surface area contributed by atoms with Crippen LogP contribution < -0.4 is 0 Å². The Bertz CT molecular complexity index is 1520. The molecule has 6 fully saturated rings. The van der Waals surface area contributed by atoms with E-state index in [9.17, 15) is 50.8 Å². The van der Waals surface area contributed by atoms with E-state index >= 15 is 0 Å². The van der Waals surface area contributed by atoms with E-state index in [0.717, 1.165) is 51.4 Å². The lowest BCUT2D eigenvalue weighted by atomic mass is 9.33. The smallest absolute Gasteiger partial charge is 0.335 e. The Balaban J connectivity index is 1.17. The molecule has 20 atom stereocenters. The van der Waals surface area contributed by atoms with Crippen molar-refractivity contribution in [3.8, 4) is 0 Å². The van der Waals surface area contributed by atoms with E-state index in [2.05, 4.69) is 47.6 Å². The maximum atomic E-state index is 12.2. The number of hydrogen-bond acceptors (Lipinski definition) is 13. The maximum Gasteiger partial charge on any atom is 0.335 e. The quantitative estimate of drug-likeness (QED) is 0.132. The Kier molecular flexibility index (Phi) is 11.0. The first-order valence-corrected chi connectivity index (χ1v) is 20.9. The highest BCUT2D eigenvalue weighted by Gasteiger charge is 2.69. The molecule has 0 aromatic heterocycles. The first-order valence-electron chi connectivity index (χ1n) is 20.9. The third-order valence-corrected chi connectivity index (χ3v) is 17.4. The number of aliphatic carboxylic acids is 1. The number of hydrogen-bond donors (Lipinski definition) is 9. The molecule has 5 aliphatic carbocycles. The molecule has 4 saturated carbocycles. The first-order chi connectivity index (χ1) is 26.0. The van der Waals surface area contributed by atoms with Crippen LogP contribution in [0.1, 0.15) is 106 Å². The molecule has 0 aromatic carbocycles. The van der Waals surface area contributed by atoms with Gasteiger partial charge in [0.2, 0.25) is 0 Å². The molecule has 0 radical (unpaired) electrons. The predicted molar refractivity (Wildman–Crippen MR) is 199 cm³/mol. The number of carbonyl (C=O) groups is 1. The standard InChI is InChI=1S/C42H68O14/c1-37(2)16-21-20-8-9-24-39(4)12-11-26(40(5,19-44)23(39)10-13-42(24,7)41(20,6)15-14-38(21,3)25(45)17-37)54-36-33(30(49)29(48)32(55-36)34(51)52)56-35-31(50)28(47)27(46)22(18-43)53-35/h8,21-33,35-36,43-50H,9-19H2,1-7H3,(H,51,52)/t21-,22?,23+,24-,25?,26?,27?,28?,29?,30?,31?,32?,33?,35+,36+,38-,39+,40+,41-,42+/m1/s1. The van der Waals surface area contributed by atoms with Crippen LogP contribution in [0.3, 0.4) is 0 Å². The number of ether oxygens (including phenoxy) is 4. The lowest BCUT2D eigenvalue weighted by molar-refractivity contribution is -0.375. The molecule has 14 nitrogen and oxygen atoms in total. The predicted octanol–water partition coefficient (Wildman–Crippen LogP) is 1.85. The Labute approximate surface area is 330 Å². The summed E-state index contributed by atoms with van der Waals surface area (Å²) in [6, 6.07) is 0. The van der Waals surface area contributed by atoms with E-state index in [1.807, 2.05) is 6.92 Å². The SMILES string of the molecule is CC1(C)CC(O)[C@]2(C)CC[C@]3(C)C(=CC[C@@H]4[C@@]5(C)CCC(O[C@H]6OC(C(=O)O)C(O)C(O)C6O[C@@H]6OC(CO)C(O)C(O)C6O)[C@@](C)(CO)[C@H]5CC[C@@]43C)[C@H]2C1. The average Bonchev–Trinajstić information content (AvgIpc) is 3.13. The molecule has 10 unspecified atom stereocenters. The van der Waals surface area contributed by atoms with E-state index in [0.29, 0.717) is 18.3 Å². The Morgan fingerprint density at radius 3 is 2.09 bits per heavy atom. The molecule has 2 saturated heterocycles. The summed E-state index contributed by atoms with van der Waals surface area (Å²) in [6.45, 7) is 15.2. The van der Waals surface area contributed by atoms with Crippen molar-refractivity contribution in [3.05, 3.63) is 11.6 Å². The molecule has 14 heteroatoms. The van der Waals surface area contributed by atoms with Gasteiger partial charge in [-0.05, 0) is 97.2 Å². The molecule has 56 heavy (non-hydrogen) atoms. The van der Waals surface area contributed by atoms with Crippen LogP contribution in [-0.2, 0) is 23.7 Å². The average molecular weight is 797 g/mol. The van der Waals surface area contributed by atoms with Crippen molar-refractivity contribution in [1.29, 1.82) is 0 Å². The molecule has 9 N–H and O–H groups in total. The third kappa shape index (κ3) is 6.21. The summed E-state index contributed by atoms with van der Waals surface area (Å²) in [6.07, 6.45) is -8.23. The second-order valence-corrected chi connectivity index (χ2v) is 20.8. The van der Waals surface area contributed by atoms with Crippen molar-refractivity contribution in [2.75, 3.05) is 13.2 Å². The van der Waals surface area contributed by atoms with Gasteiger partial charge in [0, 0.05) is 10.8 Å². The zero-order valence-corrected chi connectivity index (χ0v) is 34.1. The summed E-state index contributed by atoms with van der Waals surface area (Å²) in [5.41, 5.74) is 0.271. The van der Waals surface area contributed by atoms with Gasteiger partial charge in [-0.15, -0.1) is 0 Å². The number of rotatable bonds is 7. The van der Waals surface area contributed by atoms with Crippen LogP contribution in [0.4, 0.5) is 0 Å². The summed E-state index contributed by atoms with van der Waals surface area (Å²) in [5.74, 6) is -0.954. The van der Waals surface area contributed by atoms with Crippen molar-refractivity contribution in [2.45, 2.75) is 180 Å². The van der Waals surface area contributed by atoms with Crippen LogP contribution >= 0.6 is 0 Å². The molecular weight excluding hydrogens is 728 g/mol. The molecule has 7 rings (SSSR count). The van der Waals surface area contributed by atoms with Crippen molar-refractivity contribution in [3.63, 3.8) is 0 Å². The second-order valence-electron chi connectivity index (χ2n) is 20.8. The third-order valence-electron chi connectivity index (χ3n) is 17.4. The number of fused-ring (bicyclic) bond motifs is 7. The van der Waals surface area contributed by atoms with Crippen molar-refractivity contribution >= 4 is 5.97 Å². The van der Waals surface area contributed by atoms with Crippen molar-refractivity contribution < 1.29 is 69.7 Å². The van der Waals surface area contributed by atoms with Gasteiger partial charge in [0.25, 0.3) is 0 Å². The zero-order chi connectivity index (χ0) is 41.1. The van der Waals surface area contributed by atoms with E-state index in [4.69, 9.17) is 18.9 Å². The van der Waals surface area contributed by atoms with E-state index < -0.39 is 85.5 Å². The fraction of sp³-hybridized carbons (Fsp3) is 0.929. The summed E-state index contributed by atoms with van der Waals surface area (Å²) in [5, 5.41) is 96.0. The molecule has 2 heterocycles. The summed E-state index contributed by atoms with van der Waals surface area (Å²) >= 11 is 0. The van der Waals surface area contributed by atoms with Crippen LogP contribution in [0.15, 0.2) is 11.6 Å². The molecular formula is C42H68O14. The highest BCUT2D eigenvalue weighted by atomic mass is 16.8. The molecule has 0 spiro atoms. The monoisotopic (exact) mass is 796 g/mol.